The topological polar surface area (TPSA) is 80.2 Å². The zero-order chi connectivity index (χ0) is 15.8. The Morgan fingerprint density at radius 2 is 2.19 bits per heavy atom. The Kier molecular flexibility index (Phi) is 6.68. The summed E-state index contributed by atoms with van der Waals surface area (Å²) in [4.78, 5) is 11.9. The number of aryl methyl sites for hydroxylation is 1. The summed E-state index contributed by atoms with van der Waals surface area (Å²) in [5, 5.41) is 14.8. The number of amides is 1. The molecule has 1 rings (SSSR count). The molecule has 6 heteroatoms. The molecular formula is C15H22N2O4. The van der Waals surface area contributed by atoms with Gasteiger partial charge in [0.25, 0.3) is 5.91 Å². The minimum absolute atomic E-state index is 0.225. The minimum atomic E-state index is -0.658. The van der Waals surface area contributed by atoms with Gasteiger partial charge in [0.2, 0.25) is 0 Å². The Hall–Kier alpha value is -2.08. The lowest BCUT2D eigenvalue weighted by Crippen LogP contribution is -2.38. The second-order valence-electron chi connectivity index (χ2n) is 4.73. The number of hydrogen-bond acceptors (Lipinski definition) is 5. The first-order valence-electron chi connectivity index (χ1n) is 6.72. The summed E-state index contributed by atoms with van der Waals surface area (Å²) >= 11 is 0. The van der Waals surface area contributed by atoms with Crippen LogP contribution >= 0.6 is 0 Å². The van der Waals surface area contributed by atoms with E-state index in [1.54, 1.807) is 27.0 Å². The molecule has 1 aromatic carbocycles. The van der Waals surface area contributed by atoms with Gasteiger partial charge in [-0.3, -0.25) is 4.79 Å². The van der Waals surface area contributed by atoms with Gasteiger partial charge in [0.1, 0.15) is 5.75 Å². The van der Waals surface area contributed by atoms with Crippen molar-refractivity contribution in [2.75, 3.05) is 20.3 Å². The van der Waals surface area contributed by atoms with E-state index >= 15 is 0 Å². The summed E-state index contributed by atoms with van der Waals surface area (Å²) in [5.41, 5.74) is 2.10. The maximum atomic E-state index is 11.9. The Morgan fingerprint density at radius 3 is 2.81 bits per heavy atom. The van der Waals surface area contributed by atoms with Gasteiger partial charge in [0, 0.05) is 19.2 Å². The van der Waals surface area contributed by atoms with Crippen molar-refractivity contribution in [3.05, 3.63) is 29.3 Å². The molecule has 116 valence electrons. The molecule has 1 atom stereocenters. The number of oxime groups is 1. The van der Waals surface area contributed by atoms with Gasteiger partial charge in [-0.2, -0.15) is 0 Å². The van der Waals surface area contributed by atoms with Crippen LogP contribution in [0.3, 0.4) is 0 Å². The van der Waals surface area contributed by atoms with Gasteiger partial charge in [-0.25, -0.2) is 0 Å². The van der Waals surface area contributed by atoms with Gasteiger partial charge in [-0.1, -0.05) is 16.8 Å². The van der Waals surface area contributed by atoms with Crippen molar-refractivity contribution in [2.24, 2.45) is 5.16 Å². The molecule has 1 amide bonds. The fourth-order valence-corrected chi connectivity index (χ4v) is 1.75. The molecular weight excluding hydrogens is 272 g/mol. The van der Waals surface area contributed by atoms with E-state index in [-0.39, 0.29) is 5.91 Å². The van der Waals surface area contributed by atoms with Crippen LogP contribution in [0.4, 0.5) is 0 Å². The second-order valence-corrected chi connectivity index (χ2v) is 4.73. The van der Waals surface area contributed by atoms with Gasteiger partial charge in [0.05, 0.1) is 12.3 Å². The molecule has 0 fully saturated rings. The number of carbonyl (C=O) groups excluding carboxylic acids is 1. The highest BCUT2D eigenvalue weighted by atomic mass is 16.5. The average Bonchev–Trinajstić information content (AvgIpc) is 2.48. The number of hydrogen-bond donors (Lipinski definition) is 2. The maximum Gasteiger partial charge on any atom is 0.260 e. The van der Waals surface area contributed by atoms with E-state index in [0.717, 1.165) is 5.56 Å². The standard InChI is InChI=1S/C15H22N2O4/c1-10-5-6-14(13(9-10)11(2)17-19)21-12(3)15(18)16-7-8-20-4/h5-6,9,12,19H,7-8H2,1-4H3,(H,16,18)/b17-11+. The molecule has 0 bridgehead atoms. The molecule has 1 aromatic rings. The smallest absolute Gasteiger partial charge is 0.260 e. The third-order valence-electron chi connectivity index (χ3n) is 2.95. The van der Waals surface area contributed by atoms with Crippen LogP contribution in [0.25, 0.3) is 0 Å². The Bertz CT molecular complexity index is 514. The molecule has 0 aliphatic carbocycles. The van der Waals surface area contributed by atoms with Gasteiger partial charge in [-0.15, -0.1) is 0 Å². The summed E-state index contributed by atoms with van der Waals surface area (Å²) in [6.45, 7) is 6.15. The molecule has 2 N–H and O–H groups in total. The lowest BCUT2D eigenvalue weighted by atomic mass is 10.1. The highest BCUT2D eigenvalue weighted by molar-refractivity contribution is 6.01. The van der Waals surface area contributed by atoms with Crippen molar-refractivity contribution in [1.29, 1.82) is 0 Å². The Morgan fingerprint density at radius 1 is 1.48 bits per heavy atom. The van der Waals surface area contributed by atoms with E-state index in [1.807, 2.05) is 19.1 Å². The van der Waals surface area contributed by atoms with Crippen molar-refractivity contribution in [2.45, 2.75) is 26.9 Å². The van der Waals surface area contributed by atoms with E-state index in [9.17, 15) is 4.79 Å². The van der Waals surface area contributed by atoms with E-state index < -0.39 is 6.10 Å². The van der Waals surface area contributed by atoms with Crippen LogP contribution in [0.15, 0.2) is 23.4 Å². The van der Waals surface area contributed by atoms with E-state index in [2.05, 4.69) is 10.5 Å². The van der Waals surface area contributed by atoms with Crippen LogP contribution in [0, 0.1) is 6.92 Å². The molecule has 0 saturated heterocycles. The van der Waals surface area contributed by atoms with Gasteiger partial charge in [0.15, 0.2) is 6.10 Å². The molecule has 1 unspecified atom stereocenters. The molecule has 0 aliphatic heterocycles. The summed E-state index contributed by atoms with van der Waals surface area (Å²) in [6.07, 6.45) is -0.658. The first-order valence-corrected chi connectivity index (χ1v) is 6.72. The predicted octanol–water partition coefficient (Wildman–Crippen LogP) is 1.72. The highest BCUT2D eigenvalue weighted by Crippen LogP contribution is 2.22. The highest BCUT2D eigenvalue weighted by Gasteiger charge is 2.17. The van der Waals surface area contributed by atoms with Gasteiger partial charge < -0.3 is 20.0 Å². The SMILES string of the molecule is COCCNC(=O)C(C)Oc1ccc(C)cc1/C(C)=N/O. The summed E-state index contributed by atoms with van der Waals surface area (Å²) in [5.74, 6) is 0.280. The fourth-order valence-electron chi connectivity index (χ4n) is 1.75. The zero-order valence-electron chi connectivity index (χ0n) is 12.8. The van der Waals surface area contributed by atoms with Gasteiger partial charge >= 0.3 is 0 Å². The van der Waals surface area contributed by atoms with E-state index in [4.69, 9.17) is 14.7 Å². The zero-order valence-corrected chi connectivity index (χ0v) is 12.8. The number of nitrogens with zero attached hydrogens (tertiary/aromatic N) is 1. The third-order valence-corrected chi connectivity index (χ3v) is 2.95. The maximum absolute atomic E-state index is 11.9. The molecule has 0 aliphatic rings. The van der Waals surface area contributed by atoms with Crippen LogP contribution in [-0.4, -0.2) is 43.2 Å². The van der Waals surface area contributed by atoms with Crippen LogP contribution in [-0.2, 0) is 9.53 Å². The molecule has 0 heterocycles. The summed E-state index contributed by atoms with van der Waals surface area (Å²) in [6, 6.07) is 5.48. The number of benzene rings is 1. The lowest BCUT2D eigenvalue weighted by molar-refractivity contribution is -0.127. The largest absolute Gasteiger partial charge is 0.480 e. The summed E-state index contributed by atoms with van der Waals surface area (Å²) < 4.78 is 10.5. The van der Waals surface area contributed by atoms with Crippen LogP contribution < -0.4 is 10.1 Å². The van der Waals surface area contributed by atoms with Crippen molar-refractivity contribution in [3.63, 3.8) is 0 Å². The van der Waals surface area contributed by atoms with Crippen molar-refractivity contribution < 1.29 is 19.5 Å². The van der Waals surface area contributed by atoms with Crippen molar-refractivity contribution in [1.82, 2.24) is 5.32 Å². The van der Waals surface area contributed by atoms with E-state index in [1.165, 1.54) is 0 Å². The van der Waals surface area contributed by atoms with Gasteiger partial charge in [-0.05, 0) is 32.9 Å². The number of carbonyl (C=O) groups is 1. The third kappa shape index (κ3) is 5.07. The molecule has 6 nitrogen and oxygen atoms in total. The molecule has 0 aromatic heterocycles. The molecule has 0 spiro atoms. The number of nitrogens with one attached hydrogen (secondary N) is 1. The van der Waals surface area contributed by atoms with Crippen LogP contribution in [0.5, 0.6) is 5.75 Å². The normalized spacial score (nSPS) is 12.9. The lowest BCUT2D eigenvalue weighted by Gasteiger charge is -2.17. The molecule has 21 heavy (non-hydrogen) atoms. The van der Waals surface area contributed by atoms with Crippen LogP contribution in [0.1, 0.15) is 25.0 Å². The number of ether oxygens (including phenoxy) is 2. The number of methoxy groups -OCH3 is 1. The van der Waals surface area contributed by atoms with Crippen LogP contribution in [0.2, 0.25) is 0 Å². The number of rotatable bonds is 7. The molecule has 0 radical (unpaired) electrons. The second kappa shape index (κ2) is 8.26. The minimum Gasteiger partial charge on any atom is -0.480 e. The van der Waals surface area contributed by atoms with Crippen molar-refractivity contribution in [3.8, 4) is 5.75 Å². The monoisotopic (exact) mass is 294 g/mol. The Balaban J connectivity index is 2.80. The summed E-state index contributed by atoms with van der Waals surface area (Å²) in [7, 11) is 1.57. The first-order chi connectivity index (χ1) is 9.99. The fraction of sp³-hybridized carbons (Fsp3) is 0.467. The Labute approximate surface area is 124 Å². The predicted molar refractivity (Wildman–Crippen MR) is 80.2 cm³/mol. The quantitative estimate of drug-likeness (QED) is 0.347. The average molecular weight is 294 g/mol. The first kappa shape index (κ1) is 17.0. The molecule has 0 saturated carbocycles. The van der Waals surface area contributed by atoms with E-state index in [0.29, 0.717) is 30.2 Å². The van der Waals surface area contributed by atoms with Crippen molar-refractivity contribution >= 4 is 11.6 Å².